The van der Waals surface area contributed by atoms with E-state index in [0.717, 1.165) is 11.3 Å². The quantitative estimate of drug-likeness (QED) is 0.262. The van der Waals surface area contributed by atoms with Crippen molar-refractivity contribution in [1.82, 2.24) is 9.97 Å². The number of hydrogen-bond acceptors (Lipinski definition) is 7. The zero-order valence-electron chi connectivity index (χ0n) is 19.7. The molecule has 0 fully saturated rings. The van der Waals surface area contributed by atoms with Gasteiger partial charge in [0.1, 0.15) is 5.75 Å². The number of nitrogens with zero attached hydrogens (tertiary/aromatic N) is 2. The van der Waals surface area contributed by atoms with E-state index in [0.29, 0.717) is 34.5 Å². The van der Waals surface area contributed by atoms with E-state index in [1.165, 1.54) is 29.7 Å². The molecule has 2 N–H and O–H groups in total. The van der Waals surface area contributed by atoms with Gasteiger partial charge < -0.3 is 10.1 Å². The zero-order valence-corrected chi connectivity index (χ0v) is 21.3. The standard InChI is InChI=1S/C27H22N4O4S2/c1-2-35-20-11-7-18(8-12-20)25-17-23(22-5-3-4-6-24(22)30-25)26(32)29-19-9-13-21(14-10-19)37(33,34)31-27-28-15-16-36-27/h3-17H,2H2,1H3,(H,28,31)(H,29,32). The van der Waals surface area contributed by atoms with Gasteiger partial charge in [-0.1, -0.05) is 18.2 Å². The lowest BCUT2D eigenvalue weighted by Crippen LogP contribution is -2.14. The molecule has 0 unspecified atom stereocenters. The molecule has 2 heterocycles. The number of pyridine rings is 1. The maximum atomic E-state index is 13.3. The van der Waals surface area contributed by atoms with Gasteiger partial charge in [-0.2, -0.15) is 0 Å². The lowest BCUT2D eigenvalue weighted by molar-refractivity contribution is 0.102. The molecule has 3 aromatic carbocycles. The lowest BCUT2D eigenvalue weighted by Gasteiger charge is -2.12. The number of rotatable bonds is 8. The van der Waals surface area contributed by atoms with E-state index in [9.17, 15) is 13.2 Å². The number of anilines is 2. The Bertz CT molecular complexity index is 1650. The van der Waals surface area contributed by atoms with Crippen LogP contribution in [0.2, 0.25) is 0 Å². The number of sulfonamides is 1. The molecule has 0 aliphatic heterocycles. The molecule has 0 atom stereocenters. The molecular weight excluding hydrogens is 508 g/mol. The Kier molecular flexibility index (Phi) is 6.85. The maximum Gasteiger partial charge on any atom is 0.263 e. The van der Waals surface area contributed by atoms with Crippen molar-refractivity contribution < 1.29 is 17.9 Å². The molecule has 37 heavy (non-hydrogen) atoms. The summed E-state index contributed by atoms with van der Waals surface area (Å²) in [6, 6.07) is 22.7. The number of carbonyl (C=O) groups excluding carboxylic acids is 1. The Morgan fingerprint density at radius 1 is 1.00 bits per heavy atom. The number of fused-ring (bicyclic) bond motifs is 1. The SMILES string of the molecule is CCOc1ccc(-c2cc(C(=O)Nc3ccc(S(=O)(=O)Nc4nccs4)cc3)c3ccccc3n2)cc1. The van der Waals surface area contributed by atoms with Crippen molar-refractivity contribution in [1.29, 1.82) is 0 Å². The molecule has 1 amide bonds. The van der Waals surface area contributed by atoms with Crippen molar-refractivity contribution in [3.63, 3.8) is 0 Å². The molecule has 0 saturated heterocycles. The van der Waals surface area contributed by atoms with Crippen LogP contribution in [0.25, 0.3) is 22.2 Å². The van der Waals surface area contributed by atoms with Crippen LogP contribution < -0.4 is 14.8 Å². The Hall–Kier alpha value is -4.28. The minimum absolute atomic E-state index is 0.0628. The fourth-order valence-electron chi connectivity index (χ4n) is 3.76. The van der Waals surface area contributed by atoms with Gasteiger partial charge in [0.05, 0.1) is 28.3 Å². The van der Waals surface area contributed by atoms with Gasteiger partial charge in [-0.15, -0.1) is 11.3 Å². The highest BCUT2D eigenvalue weighted by atomic mass is 32.2. The van der Waals surface area contributed by atoms with Crippen LogP contribution in [-0.2, 0) is 10.0 Å². The van der Waals surface area contributed by atoms with Gasteiger partial charge in [0.2, 0.25) is 0 Å². The van der Waals surface area contributed by atoms with Crippen molar-refractivity contribution in [3.8, 4) is 17.0 Å². The molecule has 0 bridgehead atoms. The third-order valence-electron chi connectivity index (χ3n) is 5.50. The summed E-state index contributed by atoms with van der Waals surface area (Å²) in [5, 5.41) is 5.54. The summed E-state index contributed by atoms with van der Waals surface area (Å²) >= 11 is 1.19. The largest absolute Gasteiger partial charge is 0.494 e. The van der Waals surface area contributed by atoms with Gasteiger partial charge in [-0.3, -0.25) is 9.52 Å². The Morgan fingerprint density at radius 3 is 2.46 bits per heavy atom. The zero-order chi connectivity index (χ0) is 25.8. The maximum absolute atomic E-state index is 13.3. The summed E-state index contributed by atoms with van der Waals surface area (Å²) in [6.45, 7) is 2.50. The number of thiazole rings is 1. The van der Waals surface area contributed by atoms with E-state index in [1.807, 2.05) is 55.5 Å². The molecule has 0 aliphatic carbocycles. The van der Waals surface area contributed by atoms with Gasteiger partial charge in [-0.05, 0) is 67.6 Å². The number of aromatic nitrogens is 2. The molecule has 0 saturated carbocycles. The van der Waals surface area contributed by atoms with Crippen molar-refractivity contribution in [2.75, 3.05) is 16.6 Å². The Morgan fingerprint density at radius 2 is 1.76 bits per heavy atom. The van der Waals surface area contributed by atoms with Gasteiger partial charge in [-0.25, -0.2) is 18.4 Å². The lowest BCUT2D eigenvalue weighted by atomic mass is 10.0. The number of amides is 1. The summed E-state index contributed by atoms with van der Waals surface area (Å²) in [7, 11) is -3.78. The topological polar surface area (TPSA) is 110 Å². The fraction of sp³-hybridized carbons (Fsp3) is 0.0741. The van der Waals surface area contributed by atoms with Gasteiger partial charge in [0.25, 0.3) is 15.9 Å². The second kappa shape index (κ2) is 10.4. The van der Waals surface area contributed by atoms with Gasteiger partial charge >= 0.3 is 0 Å². The highest BCUT2D eigenvalue weighted by molar-refractivity contribution is 7.93. The predicted molar refractivity (Wildman–Crippen MR) is 146 cm³/mol. The normalized spacial score (nSPS) is 11.3. The first kappa shape index (κ1) is 24.4. The number of nitrogens with one attached hydrogen (secondary N) is 2. The first-order chi connectivity index (χ1) is 17.9. The number of benzene rings is 3. The summed E-state index contributed by atoms with van der Waals surface area (Å²) in [5.74, 6) is 0.430. The van der Waals surface area contributed by atoms with Crippen LogP contribution in [0.5, 0.6) is 5.75 Å². The monoisotopic (exact) mass is 530 g/mol. The minimum atomic E-state index is -3.78. The second-order valence-corrected chi connectivity index (χ2v) is 10.5. The van der Waals surface area contributed by atoms with Crippen LogP contribution in [0.3, 0.4) is 0 Å². The second-order valence-electron chi connectivity index (χ2n) is 7.95. The first-order valence-corrected chi connectivity index (χ1v) is 13.8. The number of carbonyl (C=O) groups is 1. The van der Waals surface area contributed by atoms with Gasteiger partial charge in [0.15, 0.2) is 5.13 Å². The molecule has 0 aliphatic rings. The van der Waals surface area contributed by atoms with Gasteiger partial charge in [0, 0.05) is 28.2 Å². The highest BCUT2D eigenvalue weighted by Gasteiger charge is 2.17. The molecular formula is C27H22N4O4S2. The van der Waals surface area contributed by atoms with E-state index in [4.69, 9.17) is 9.72 Å². The van der Waals surface area contributed by atoms with Crippen LogP contribution in [0.15, 0.2) is 95.3 Å². The van der Waals surface area contributed by atoms with Crippen LogP contribution in [0.4, 0.5) is 10.8 Å². The third-order valence-corrected chi connectivity index (χ3v) is 7.67. The molecule has 5 aromatic rings. The molecule has 186 valence electrons. The predicted octanol–water partition coefficient (Wildman–Crippen LogP) is 5.81. The molecule has 5 rings (SSSR count). The van der Waals surface area contributed by atoms with Crippen molar-refractivity contribution in [2.45, 2.75) is 11.8 Å². The van der Waals surface area contributed by atoms with Crippen molar-refractivity contribution in [2.24, 2.45) is 0 Å². The summed E-state index contributed by atoms with van der Waals surface area (Å²) in [4.78, 5) is 22.1. The van der Waals surface area contributed by atoms with Crippen LogP contribution in [0.1, 0.15) is 17.3 Å². The molecule has 0 spiro atoms. The van der Waals surface area contributed by atoms with E-state index >= 15 is 0 Å². The van der Waals surface area contributed by atoms with E-state index < -0.39 is 10.0 Å². The summed E-state index contributed by atoms with van der Waals surface area (Å²) < 4.78 is 33.1. The van der Waals surface area contributed by atoms with Crippen LogP contribution >= 0.6 is 11.3 Å². The number of ether oxygens (including phenoxy) is 1. The number of para-hydroxylation sites is 1. The fourth-order valence-corrected chi connectivity index (χ4v) is 5.55. The molecule has 2 aromatic heterocycles. The van der Waals surface area contributed by atoms with E-state index in [2.05, 4.69) is 15.0 Å². The average molecular weight is 531 g/mol. The van der Waals surface area contributed by atoms with E-state index in [1.54, 1.807) is 23.6 Å². The summed E-state index contributed by atoms with van der Waals surface area (Å²) in [5.41, 5.74) is 3.11. The van der Waals surface area contributed by atoms with Crippen molar-refractivity contribution >= 4 is 49.0 Å². The van der Waals surface area contributed by atoms with Crippen molar-refractivity contribution in [3.05, 3.63) is 96.0 Å². The van der Waals surface area contributed by atoms with Crippen LogP contribution in [-0.4, -0.2) is 30.9 Å². The first-order valence-electron chi connectivity index (χ1n) is 11.4. The average Bonchev–Trinajstić information content (AvgIpc) is 3.41. The summed E-state index contributed by atoms with van der Waals surface area (Å²) in [6.07, 6.45) is 1.52. The highest BCUT2D eigenvalue weighted by Crippen LogP contribution is 2.27. The van der Waals surface area contributed by atoms with E-state index in [-0.39, 0.29) is 15.9 Å². The Labute approximate surface area is 218 Å². The van der Waals surface area contributed by atoms with Crippen LogP contribution in [0, 0.1) is 0 Å². The smallest absolute Gasteiger partial charge is 0.263 e. The molecule has 10 heteroatoms. The number of hydrogen-bond donors (Lipinski definition) is 2. The molecule has 8 nitrogen and oxygen atoms in total. The Balaban J connectivity index is 1.41. The third kappa shape index (κ3) is 5.45. The molecule has 0 radical (unpaired) electrons. The minimum Gasteiger partial charge on any atom is -0.494 e.